The van der Waals surface area contributed by atoms with Crippen LogP contribution >= 0.6 is 23.8 Å². The number of halogens is 1. The number of hydrogen-bond acceptors (Lipinski definition) is 4. The van der Waals surface area contributed by atoms with Crippen LogP contribution in [-0.2, 0) is 0 Å². The molecule has 0 aliphatic rings. The van der Waals surface area contributed by atoms with Gasteiger partial charge in [-0.05, 0) is 54.7 Å². The molecule has 9 heteroatoms. The number of amides is 1. The minimum absolute atomic E-state index is 0.229. The molecule has 4 aromatic rings. The first-order valence-corrected chi connectivity index (χ1v) is 9.70. The fourth-order valence-electron chi connectivity index (χ4n) is 2.64. The van der Waals surface area contributed by atoms with Crippen molar-refractivity contribution in [3.05, 3.63) is 89.8 Å². The Morgan fingerprint density at radius 1 is 1.00 bits per heavy atom. The SMILES string of the molecule is O=C(NNC(=S)Nc1ccc(Oc2ccccc2)cc1)c1cn2ccc(Cl)cc2n1. The van der Waals surface area contributed by atoms with Crippen molar-refractivity contribution in [2.75, 3.05) is 5.32 Å². The van der Waals surface area contributed by atoms with Gasteiger partial charge in [-0.25, -0.2) is 4.98 Å². The zero-order valence-corrected chi connectivity index (χ0v) is 17.1. The summed E-state index contributed by atoms with van der Waals surface area (Å²) in [6.45, 7) is 0. The van der Waals surface area contributed by atoms with Crippen molar-refractivity contribution in [3.8, 4) is 11.5 Å². The zero-order chi connectivity index (χ0) is 20.9. The third-order valence-corrected chi connectivity index (χ3v) is 4.47. The molecule has 2 aromatic carbocycles. The Balaban J connectivity index is 1.30. The van der Waals surface area contributed by atoms with Gasteiger partial charge in [-0.15, -0.1) is 0 Å². The van der Waals surface area contributed by atoms with Crippen LogP contribution < -0.4 is 20.9 Å². The van der Waals surface area contributed by atoms with Crippen LogP contribution in [0, 0.1) is 0 Å². The average Bonchev–Trinajstić information content (AvgIpc) is 3.17. The Morgan fingerprint density at radius 3 is 2.50 bits per heavy atom. The molecule has 0 saturated carbocycles. The normalized spacial score (nSPS) is 10.4. The number of hydrogen-bond donors (Lipinski definition) is 3. The second-order valence-electron chi connectivity index (χ2n) is 6.21. The number of hydrazine groups is 1. The number of ether oxygens (including phenoxy) is 1. The number of fused-ring (bicyclic) bond motifs is 1. The van der Waals surface area contributed by atoms with Gasteiger partial charge in [0.2, 0.25) is 0 Å². The van der Waals surface area contributed by atoms with Gasteiger partial charge < -0.3 is 14.5 Å². The summed E-state index contributed by atoms with van der Waals surface area (Å²) in [6.07, 6.45) is 3.33. The van der Waals surface area contributed by atoms with E-state index >= 15 is 0 Å². The van der Waals surface area contributed by atoms with Gasteiger partial charge in [-0.1, -0.05) is 29.8 Å². The molecule has 2 aromatic heterocycles. The van der Waals surface area contributed by atoms with E-state index in [2.05, 4.69) is 21.2 Å². The van der Waals surface area contributed by atoms with Gasteiger partial charge >= 0.3 is 0 Å². The third-order valence-electron chi connectivity index (χ3n) is 4.04. The number of imidazole rings is 1. The van der Waals surface area contributed by atoms with Crippen molar-refractivity contribution in [1.29, 1.82) is 0 Å². The summed E-state index contributed by atoms with van der Waals surface area (Å²) in [6, 6.07) is 20.2. The molecule has 7 nitrogen and oxygen atoms in total. The first-order valence-electron chi connectivity index (χ1n) is 8.91. The summed E-state index contributed by atoms with van der Waals surface area (Å²) in [4.78, 5) is 16.5. The highest BCUT2D eigenvalue weighted by Gasteiger charge is 2.11. The molecule has 3 N–H and O–H groups in total. The molecule has 0 atom stereocenters. The van der Waals surface area contributed by atoms with Crippen molar-refractivity contribution in [1.82, 2.24) is 20.2 Å². The second kappa shape index (κ2) is 8.81. The topological polar surface area (TPSA) is 79.7 Å². The van der Waals surface area contributed by atoms with E-state index < -0.39 is 5.91 Å². The Kier molecular flexibility index (Phi) is 5.78. The lowest BCUT2D eigenvalue weighted by molar-refractivity contribution is 0.0940. The molecule has 0 unspecified atom stereocenters. The van der Waals surface area contributed by atoms with Gasteiger partial charge in [0, 0.05) is 29.2 Å². The molecule has 4 rings (SSSR count). The van der Waals surface area contributed by atoms with Crippen LogP contribution in [-0.4, -0.2) is 20.4 Å². The molecule has 0 fully saturated rings. The number of nitrogens with zero attached hydrogens (tertiary/aromatic N) is 2. The minimum Gasteiger partial charge on any atom is -0.457 e. The Bertz CT molecular complexity index is 1200. The second-order valence-corrected chi connectivity index (χ2v) is 7.05. The molecular formula is C21H16ClN5O2S. The predicted molar refractivity (Wildman–Crippen MR) is 120 cm³/mol. The van der Waals surface area contributed by atoms with Gasteiger partial charge in [0.05, 0.1) is 0 Å². The third kappa shape index (κ3) is 4.86. The van der Waals surface area contributed by atoms with Crippen LogP contribution in [0.5, 0.6) is 11.5 Å². The van der Waals surface area contributed by atoms with Crippen molar-refractivity contribution in [3.63, 3.8) is 0 Å². The maximum absolute atomic E-state index is 12.3. The number of benzene rings is 2. The molecule has 2 heterocycles. The van der Waals surface area contributed by atoms with Crippen LogP contribution in [0.3, 0.4) is 0 Å². The molecule has 0 saturated heterocycles. The van der Waals surface area contributed by atoms with E-state index in [-0.39, 0.29) is 10.8 Å². The van der Waals surface area contributed by atoms with Gasteiger partial charge in [0.1, 0.15) is 22.8 Å². The molecule has 0 radical (unpaired) electrons. The number of rotatable bonds is 4. The van der Waals surface area contributed by atoms with Crippen LogP contribution in [0.15, 0.2) is 79.1 Å². The minimum atomic E-state index is -0.425. The van der Waals surface area contributed by atoms with E-state index in [9.17, 15) is 4.79 Å². The van der Waals surface area contributed by atoms with Crippen molar-refractivity contribution in [2.24, 2.45) is 0 Å². The average molecular weight is 438 g/mol. The number of anilines is 1. The Morgan fingerprint density at radius 2 is 1.73 bits per heavy atom. The van der Waals surface area contributed by atoms with Crippen LogP contribution in [0.1, 0.15) is 10.5 Å². The van der Waals surface area contributed by atoms with Gasteiger partial charge in [-0.2, -0.15) is 0 Å². The van der Waals surface area contributed by atoms with E-state index in [1.807, 2.05) is 54.6 Å². The largest absolute Gasteiger partial charge is 0.457 e. The van der Waals surface area contributed by atoms with Gasteiger partial charge in [0.15, 0.2) is 5.11 Å². The molecule has 150 valence electrons. The zero-order valence-electron chi connectivity index (χ0n) is 15.5. The van der Waals surface area contributed by atoms with E-state index in [4.69, 9.17) is 28.6 Å². The maximum Gasteiger partial charge on any atom is 0.289 e. The standard InChI is InChI=1S/C21H16ClN5O2S/c22-14-10-11-27-13-18(24-19(27)12-14)20(28)25-26-21(30)23-15-6-8-17(9-7-15)29-16-4-2-1-3-5-16/h1-13H,(H,25,28)(H2,23,26,30). The van der Waals surface area contributed by atoms with Crippen molar-refractivity contribution >= 4 is 46.2 Å². The van der Waals surface area contributed by atoms with Crippen LogP contribution in [0.2, 0.25) is 5.02 Å². The highest BCUT2D eigenvalue weighted by molar-refractivity contribution is 7.80. The molecule has 0 aliphatic heterocycles. The number of aromatic nitrogens is 2. The summed E-state index contributed by atoms with van der Waals surface area (Å²) in [5, 5.41) is 3.75. The predicted octanol–water partition coefficient (Wildman–Crippen LogP) is 4.41. The number of thiocarbonyl (C=S) groups is 1. The number of para-hydroxylation sites is 1. The van der Waals surface area contributed by atoms with E-state index in [0.29, 0.717) is 16.4 Å². The number of nitrogens with one attached hydrogen (secondary N) is 3. The molecule has 30 heavy (non-hydrogen) atoms. The lowest BCUT2D eigenvalue weighted by atomic mass is 10.3. The summed E-state index contributed by atoms with van der Waals surface area (Å²) < 4.78 is 7.45. The summed E-state index contributed by atoms with van der Waals surface area (Å²) in [5.74, 6) is 1.03. The number of carbonyl (C=O) groups excluding carboxylic acids is 1. The highest BCUT2D eigenvalue weighted by Crippen LogP contribution is 2.22. The van der Waals surface area contributed by atoms with Crippen molar-refractivity contribution < 1.29 is 9.53 Å². The molecule has 0 aliphatic carbocycles. The van der Waals surface area contributed by atoms with Gasteiger partial charge in [-0.3, -0.25) is 15.6 Å². The number of carbonyl (C=O) groups is 1. The lowest BCUT2D eigenvalue weighted by Crippen LogP contribution is -2.43. The van der Waals surface area contributed by atoms with Crippen LogP contribution in [0.25, 0.3) is 5.65 Å². The molecule has 0 spiro atoms. The molecule has 1 amide bonds. The lowest BCUT2D eigenvalue weighted by Gasteiger charge is -2.11. The first kappa shape index (κ1) is 19.7. The first-order chi connectivity index (χ1) is 14.6. The number of pyridine rings is 1. The van der Waals surface area contributed by atoms with E-state index in [0.717, 1.165) is 11.4 Å². The summed E-state index contributed by atoms with van der Waals surface area (Å²) >= 11 is 11.2. The summed E-state index contributed by atoms with van der Waals surface area (Å²) in [5.41, 5.74) is 6.71. The van der Waals surface area contributed by atoms with Crippen LogP contribution in [0.4, 0.5) is 5.69 Å². The van der Waals surface area contributed by atoms with E-state index in [1.54, 1.807) is 28.9 Å². The monoisotopic (exact) mass is 437 g/mol. The van der Waals surface area contributed by atoms with E-state index in [1.165, 1.54) is 0 Å². The highest BCUT2D eigenvalue weighted by atomic mass is 35.5. The summed E-state index contributed by atoms with van der Waals surface area (Å²) in [7, 11) is 0. The smallest absolute Gasteiger partial charge is 0.289 e. The fourth-order valence-corrected chi connectivity index (χ4v) is 2.96. The Labute approximate surface area is 182 Å². The quantitative estimate of drug-likeness (QED) is 0.324. The molecular weight excluding hydrogens is 422 g/mol. The van der Waals surface area contributed by atoms with Gasteiger partial charge in [0.25, 0.3) is 5.91 Å². The Hall–Kier alpha value is -3.62. The maximum atomic E-state index is 12.3. The fraction of sp³-hybridized carbons (Fsp3) is 0. The van der Waals surface area contributed by atoms with Crippen molar-refractivity contribution in [2.45, 2.75) is 0 Å². The molecule has 0 bridgehead atoms.